The smallest absolute Gasteiger partial charge is 0.206 e. The van der Waals surface area contributed by atoms with Gasteiger partial charge in [-0.2, -0.15) is 4.57 Å². The molecule has 3 saturated carbocycles. The topological polar surface area (TPSA) is 20.9 Å². The van der Waals surface area contributed by atoms with Crippen molar-refractivity contribution in [1.29, 1.82) is 0 Å². The molecule has 2 nitrogen and oxygen atoms in total. The van der Waals surface area contributed by atoms with Crippen molar-refractivity contribution >= 4 is 5.78 Å². The van der Waals surface area contributed by atoms with Gasteiger partial charge in [0.15, 0.2) is 12.4 Å². The summed E-state index contributed by atoms with van der Waals surface area (Å²) in [6.45, 7) is 2.66. The Balaban J connectivity index is 1.37. The van der Waals surface area contributed by atoms with Crippen LogP contribution in [-0.2, 0) is 11.3 Å². The zero-order valence-corrected chi connectivity index (χ0v) is 15.1. The molecule has 0 amide bonds. The van der Waals surface area contributed by atoms with Crippen LogP contribution in [0.5, 0.6) is 0 Å². The molecule has 3 aliphatic rings. The highest BCUT2D eigenvalue weighted by atomic mass is 16.1. The summed E-state index contributed by atoms with van der Waals surface area (Å²) in [4.78, 5) is 12.8. The number of rotatable bonds is 3. The van der Waals surface area contributed by atoms with Crippen molar-refractivity contribution in [2.24, 2.45) is 29.6 Å². The largest absolute Gasteiger partial charge is 0.292 e. The first kappa shape index (κ1) is 16.3. The second-order valence-electron chi connectivity index (χ2n) is 8.83. The SMILES string of the molecule is Cc1ccc[n+](CC(=O)[C@H]2CC[C@H]3C[C@@H]4CCCC[C@@H]4C[C@@H]3C2)c1. The Morgan fingerprint density at radius 3 is 2.46 bits per heavy atom. The van der Waals surface area contributed by atoms with Crippen molar-refractivity contribution in [3.8, 4) is 0 Å². The third-order valence-corrected chi connectivity index (χ3v) is 7.22. The number of ketones is 1. The summed E-state index contributed by atoms with van der Waals surface area (Å²) in [6.07, 6.45) is 16.5. The lowest BCUT2D eigenvalue weighted by Crippen LogP contribution is -2.43. The molecule has 2 heteroatoms. The molecule has 130 valence electrons. The van der Waals surface area contributed by atoms with Crippen molar-refractivity contribution in [3.63, 3.8) is 0 Å². The summed E-state index contributed by atoms with van der Waals surface area (Å²) >= 11 is 0. The lowest BCUT2D eigenvalue weighted by atomic mass is 9.58. The van der Waals surface area contributed by atoms with Crippen molar-refractivity contribution in [2.45, 2.75) is 71.3 Å². The molecule has 3 fully saturated rings. The van der Waals surface area contributed by atoms with Crippen LogP contribution in [0.25, 0.3) is 0 Å². The van der Waals surface area contributed by atoms with E-state index < -0.39 is 0 Å². The fourth-order valence-electron chi connectivity index (χ4n) is 5.96. The number of hydrogen-bond donors (Lipinski definition) is 0. The van der Waals surface area contributed by atoms with E-state index in [0.717, 1.165) is 30.1 Å². The number of pyridine rings is 1. The van der Waals surface area contributed by atoms with E-state index in [0.29, 0.717) is 18.2 Å². The van der Waals surface area contributed by atoms with E-state index >= 15 is 0 Å². The van der Waals surface area contributed by atoms with Gasteiger partial charge in [-0.1, -0.05) is 25.7 Å². The third kappa shape index (κ3) is 3.43. The van der Waals surface area contributed by atoms with Gasteiger partial charge in [0.1, 0.15) is 0 Å². The minimum atomic E-state index is 0.319. The van der Waals surface area contributed by atoms with Gasteiger partial charge >= 0.3 is 0 Å². The van der Waals surface area contributed by atoms with Gasteiger partial charge in [0.2, 0.25) is 12.3 Å². The van der Waals surface area contributed by atoms with Crippen LogP contribution in [0.4, 0.5) is 0 Å². The normalized spacial score (nSPS) is 35.8. The minimum Gasteiger partial charge on any atom is -0.292 e. The molecule has 0 aromatic carbocycles. The average Bonchev–Trinajstić information content (AvgIpc) is 2.59. The standard InChI is InChI=1S/C22H32NO/c1-16-5-4-10-23(14-16)15-22(24)20-9-8-19-11-17-6-2-3-7-18(17)12-21(19)13-20/h4-5,10,14,17-21H,2-3,6-9,11-13,15H2,1H3/q+1/t17-,18+,19-,20-,21+/m0/s1. The van der Waals surface area contributed by atoms with Crippen LogP contribution in [-0.4, -0.2) is 5.78 Å². The van der Waals surface area contributed by atoms with Crippen LogP contribution >= 0.6 is 0 Å². The van der Waals surface area contributed by atoms with E-state index in [1.54, 1.807) is 0 Å². The second kappa shape index (κ2) is 6.98. The van der Waals surface area contributed by atoms with Crippen LogP contribution in [0.1, 0.15) is 63.4 Å². The van der Waals surface area contributed by atoms with E-state index in [1.165, 1.54) is 56.9 Å². The first-order valence-corrected chi connectivity index (χ1v) is 10.2. The van der Waals surface area contributed by atoms with Gasteiger partial charge in [0, 0.05) is 17.5 Å². The molecule has 24 heavy (non-hydrogen) atoms. The number of nitrogens with zero attached hydrogens (tertiary/aromatic N) is 1. The molecule has 1 aromatic heterocycles. The Morgan fingerprint density at radius 1 is 1.00 bits per heavy atom. The Labute approximate surface area is 146 Å². The van der Waals surface area contributed by atoms with Crippen LogP contribution < -0.4 is 4.57 Å². The molecule has 0 aliphatic heterocycles. The summed E-state index contributed by atoms with van der Waals surface area (Å²) in [6, 6.07) is 4.14. The summed E-state index contributed by atoms with van der Waals surface area (Å²) in [5.41, 5.74) is 1.23. The van der Waals surface area contributed by atoms with Crippen LogP contribution in [0.3, 0.4) is 0 Å². The molecular weight excluding hydrogens is 294 g/mol. The fraction of sp³-hybridized carbons (Fsp3) is 0.727. The van der Waals surface area contributed by atoms with Gasteiger partial charge in [-0.3, -0.25) is 4.79 Å². The lowest BCUT2D eigenvalue weighted by Gasteiger charge is -2.47. The predicted octanol–water partition coefficient (Wildman–Crippen LogP) is 4.48. The molecule has 0 radical (unpaired) electrons. The zero-order chi connectivity index (χ0) is 16.5. The molecular formula is C22H32NO+. The Kier molecular flexibility index (Phi) is 4.74. The van der Waals surface area contributed by atoms with Gasteiger partial charge in [-0.05, 0) is 68.8 Å². The number of carbonyl (C=O) groups is 1. The molecule has 5 atom stereocenters. The quantitative estimate of drug-likeness (QED) is 0.750. The van der Waals surface area contributed by atoms with E-state index in [-0.39, 0.29) is 0 Å². The Morgan fingerprint density at radius 2 is 1.71 bits per heavy atom. The van der Waals surface area contributed by atoms with Gasteiger partial charge in [-0.15, -0.1) is 0 Å². The van der Waals surface area contributed by atoms with Crippen LogP contribution in [0, 0.1) is 36.5 Å². The molecule has 1 aromatic rings. The zero-order valence-electron chi connectivity index (χ0n) is 15.1. The molecule has 1 heterocycles. The Hall–Kier alpha value is -1.18. The molecule has 0 N–H and O–H groups in total. The van der Waals surface area contributed by atoms with E-state index in [4.69, 9.17) is 0 Å². The second-order valence-corrected chi connectivity index (χ2v) is 8.83. The van der Waals surface area contributed by atoms with Crippen molar-refractivity contribution < 1.29 is 9.36 Å². The highest BCUT2D eigenvalue weighted by molar-refractivity contribution is 5.79. The number of carbonyl (C=O) groups excluding carboxylic acids is 1. The van der Waals surface area contributed by atoms with Gasteiger partial charge in [0.25, 0.3) is 0 Å². The summed E-state index contributed by atoms with van der Waals surface area (Å²) in [7, 11) is 0. The Bertz CT molecular complexity index is 595. The summed E-state index contributed by atoms with van der Waals surface area (Å²) in [5, 5.41) is 0. The molecule has 0 bridgehead atoms. The highest BCUT2D eigenvalue weighted by Crippen LogP contribution is 2.51. The number of fused-ring (bicyclic) bond motifs is 2. The maximum absolute atomic E-state index is 12.8. The van der Waals surface area contributed by atoms with Crippen molar-refractivity contribution in [1.82, 2.24) is 0 Å². The van der Waals surface area contributed by atoms with Gasteiger partial charge < -0.3 is 0 Å². The number of aryl methyl sites for hydroxylation is 1. The molecule has 0 unspecified atom stereocenters. The monoisotopic (exact) mass is 326 g/mol. The predicted molar refractivity (Wildman–Crippen MR) is 95.4 cm³/mol. The minimum absolute atomic E-state index is 0.319. The fourth-order valence-corrected chi connectivity index (χ4v) is 5.96. The van der Waals surface area contributed by atoms with Crippen molar-refractivity contribution in [3.05, 3.63) is 30.1 Å². The van der Waals surface area contributed by atoms with E-state index in [1.807, 2.05) is 12.3 Å². The maximum Gasteiger partial charge on any atom is 0.206 e. The third-order valence-electron chi connectivity index (χ3n) is 7.22. The first-order valence-electron chi connectivity index (χ1n) is 10.2. The van der Waals surface area contributed by atoms with Crippen molar-refractivity contribution in [2.75, 3.05) is 0 Å². The van der Waals surface area contributed by atoms with E-state index in [2.05, 4.69) is 23.8 Å². The van der Waals surface area contributed by atoms with Crippen LogP contribution in [0.15, 0.2) is 24.5 Å². The maximum atomic E-state index is 12.8. The lowest BCUT2D eigenvalue weighted by molar-refractivity contribution is -0.684. The summed E-state index contributed by atoms with van der Waals surface area (Å²) in [5.74, 6) is 4.57. The van der Waals surface area contributed by atoms with Gasteiger partial charge in [0.05, 0.1) is 0 Å². The molecule has 3 aliphatic carbocycles. The highest BCUT2D eigenvalue weighted by Gasteiger charge is 2.42. The van der Waals surface area contributed by atoms with E-state index in [9.17, 15) is 4.79 Å². The van der Waals surface area contributed by atoms with Gasteiger partial charge in [-0.25, -0.2) is 0 Å². The van der Waals surface area contributed by atoms with Crippen LogP contribution in [0.2, 0.25) is 0 Å². The average molecular weight is 327 g/mol. The number of aromatic nitrogens is 1. The number of Topliss-reactive ketones (excluding diaryl/α,β-unsaturated/α-hetero) is 1. The molecule has 0 saturated heterocycles. The molecule has 0 spiro atoms. The summed E-state index contributed by atoms with van der Waals surface area (Å²) < 4.78 is 2.07. The first-order chi connectivity index (χ1) is 11.7. The number of hydrogen-bond acceptors (Lipinski definition) is 1. The molecule has 4 rings (SSSR count).